The van der Waals surface area contributed by atoms with Crippen molar-refractivity contribution >= 4 is 30.2 Å². The second-order valence-electron chi connectivity index (χ2n) is 8.37. The van der Waals surface area contributed by atoms with Gasteiger partial charge in [0.25, 0.3) is 0 Å². The molecule has 1 aromatic rings. The van der Waals surface area contributed by atoms with Gasteiger partial charge in [-0.1, -0.05) is 26.8 Å². The molecule has 0 saturated carbocycles. The second-order valence-corrected chi connectivity index (χ2v) is 14.0. The van der Waals surface area contributed by atoms with Crippen molar-refractivity contribution in [1.82, 2.24) is 0 Å². The molecule has 0 unspecified atom stereocenters. The van der Waals surface area contributed by atoms with Crippen molar-refractivity contribution in [2.24, 2.45) is 0 Å². The molecule has 0 N–H and O–H groups in total. The predicted octanol–water partition coefficient (Wildman–Crippen LogP) is 5.93. The van der Waals surface area contributed by atoms with Crippen LogP contribution in [-0.4, -0.2) is 19.9 Å². The Morgan fingerprint density at radius 1 is 1.13 bits per heavy atom. The number of hydrogen-bond donors (Lipinski definition) is 0. The van der Waals surface area contributed by atoms with Crippen molar-refractivity contribution in [3.8, 4) is 0 Å². The molecule has 0 amide bonds. The first-order valence-electron chi connectivity index (χ1n) is 7.89. The van der Waals surface area contributed by atoms with Gasteiger partial charge < -0.3 is 9.16 Å². The maximum atomic E-state index is 12.3. The molecule has 0 atom stereocenters. The van der Waals surface area contributed by atoms with E-state index in [1.807, 2.05) is 39.0 Å². The summed E-state index contributed by atoms with van der Waals surface area (Å²) in [5.74, 6) is -0.321. The van der Waals surface area contributed by atoms with Gasteiger partial charge in [0.2, 0.25) is 0 Å². The molecule has 1 aromatic carbocycles. The summed E-state index contributed by atoms with van der Waals surface area (Å²) < 4.78 is 12.4. The van der Waals surface area contributed by atoms with Gasteiger partial charge in [0.1, 0.15) is 5.60 Å². The van der Waals surface area contributed by atoms with E-state index >= 15 is 0 Å². The minimum absolute atomic E-state index is 0.163. The molecule has 1 rings (SSSR count). The van der Waals surface area contributed by atoms with E-state index in [0.29, 0.717) is 12.2 Å². The topological polar surface area (TPSA) is 35.5 Å². The van der Waals surface area contributed by atoms with Crippen LogP contribution in [0.1, 0.15) is 57.5 Å². The number of carbonyl (C=O) groups is 1. The summed E-state index contributed by atoms with van der Waals surface area (Å²) >= 11 is 3.43. The first-order valence-corrected chi connectivity index (χ1v) is 11.6. The Bertz CT molecular complexity index is 569. The number of halogens is 1. The maximum Gasteiger partial charge on any atom is 0.339 e. The summed E-state index contributed by atoms with van der Waals surface area (Å²) in [5.41, 5.74) is 1.01. The van der Waals surface area contributed by atoms with E-state index in [-0.39, 0.29) is 11.0 Å². The van der Waals surface area contributed by atoms with Crippen LogP contribution in [0.15, 0.2) is 22.7 Å². The fourth-order valence-corrected chi connectivity index (χ4v) is 3.00. The molecule has 0 saturated heterocycles. The average molecular weight is 401 g/mol. The lowest BCUT2D eigenvalue weighted by atomic mass is 10.1. The highest BCUT2D eigenvalue weighted by Crippen LogP contribution is 2.37. The van der Waals surface area contributed by atoms with Gasteiger partial charge in [-0.2, -0.15) is 0 Å². The van der Waals surface area contributed by atoms with Gasteiger partial charge in [-0.05, 0) is 72.5 Å². The normalized spacial score (nSPS) is 13.1. The molecular formula is C18H29BrO3Si. The fourth-order valence-electron chi connectivity index (χ4n) is 1.63. The number of rotatable bonds is 4. The molecule has 0 fully saturated rings. The molecule has 23 heavy (non-hydrogen) atoms. The third kappa shape index (κ3) is 6.05. The summed E-state index contributed by atoms with van der Waals surface area (Å²) in [5, 5.41) is 0.163. The van der Waals surface area contributed by atoms with E-state index < -0.39 is 13.9 Å². The van der Waals surface area contributed by atoms with Crippen LogP contribution in [0.3, 0.4) is 0 Å². The first-order chi connectivity index (χ1) is 10.2. The van der Waals surface area contributed by atoms with Crippen LogP contribution in [0.4, 0.5) is 0 Å². The Morgan fingerprint density at radius 3 is 2.17 bits per heavy atom. The third-order valence-electron chi connectivity index (χ3n) is 4.06. The molecule has 0 radical (unpaired) electrons. The Labute approximate surface area is 150 Å². The summed E-state index contributed by atoms with van der Waals surface area (Å²) in [4.78, 5) is 12.3. The summed E-state index contributed by atoms with van der Waals surface area (Å²) in [6.45, 7) is 17.2. The van der Waals surface area contributed by atoms with E-state index in [4.69, 9.17) is 9.16 Å². The molecule has 130 valence electrons. The molecule has 0 aromatic heterocycles. The number of ether oxygens (including phenoxy) is 1. The largest absolute Gasteiger partial charge is 0.456 e. The molecule has 0 aliphatic carbocycles. The lowest BCUT2D eigenvalue weighted by molar-refractivity contribution is 0.00683. The van der Waals surface area contributed by atoms with E-state index in [9.17, 15) is 4.79 Å². The van der Waals surface area contributed by atoms with Gasteiger partial charge in [-0.15, -0.1) is 0 Å². The van der Waals surface area contributed by atoms with Gasteiger partial charge in [-0.3, -0.25) is 0 Å². The zero-order valence-corrected chi connectivity index (χ0v) is 18.1. The number of carbonyl (C=O) groups excluding carboxylic acids is 1. The van der Waals surface area contributed by atoms with Crippen LogP contribution >= 0.6 is 15.9 Å². The maximum absolute atomic E-state index is 12.3. The van der Waals surface area contributed by atoms with Gasteiger partial charge in [0.15, 0.2) is 8.32 Å². The number of hydrogen-bond acceptors (Lipinski definition) is 3. The van der Waals surface area contributed by atoms with Crippen LogP contribution < -0.4 is 0 Å². The van der Waals surface area contributed by atoms with Crippen molar-refractivity contribution in [1.29, 1.82) is 0 Å². The standard InChI is InChI=1S/C18H29BrO3Si/c1-17(2,3)22-16(20)14-11-13(9-10-15(14)19)12-21-23(7,8)18(4,5)6/h9-11H,12H2,1-8H3. The predicted molar refractivity (Wildman–Crippen MR) is 101 cm³/mol. The van der Waals surface area contributed by atoms with Crippen LogP contribution in [0.5, 0.6) is 0 Å². The highest BCUT2D eigenvalue weighted by atomic mass is 79.9. The lowest BCUT2D eigenvalue weighted by Gasteiger charge is -2.36. The minimum Gasteiger partial charge on any atom is -0.456 e. The fraction of sp³-hybridized carbons (Fsp3) is 0.611. The molecule has 0 heterocycles. The first kappa shape index (κ1) is 20.4. The van der Waals surface area contributed by atoms with Crippen LogP contribution in [0, 0.1) is 0 Å². The Hall–Kier alpha value is -0.653. The molecular weight excluding hydrogens is 372 g/mol. The quantitative estimate of drug-likeness (QED) is 0.464. The zero-order chi connectivity index (χ0) is 18.1. The van der Waals surface area contributed by atoms with Crippen LogP contribution in [0.25, 0.3) is 0 Å². The molecule has 0 bridgehead atoms. The van der Waals surface area contributed by atoms with Crippen molar-refractivity contribution in [3.63, 3.8) is 0 Å². The van der Waals surface area contributed by atoms with Gasteiger partial charge in [-0.25, -0.2) is 4.79 Å². The van der Waals surface area contributed by atoms with Crippen molar-refractivity contribution < 1.29 is 14.0 Å². The second kappa shape index (κ2) is 7.07. The summed E-state index contributed by atoms with van der Waals surface area (Å²) in [7, 11) is -1.81. The monoisotopic (exact) mass is 400 g/mol. The van der Waals surface area contributed by atoms with Gasteiger partial charge in [0.05, 0.1) is 12.2 Å². The molecule has 3 nitrogen and oxygen atoms in total. The average Bonchev–Trinajstić information content (AvgIpc) is 2.34. The SMILES string of the molecule is CC(C)(C)OC(=O)c1cc(CO[Si](C)(C)C(C)(C)C)ccc1Br. The van der Waals surface area contributed by atoms with E-state index in [1.165, 1.54) is 0 Å². The number of benzene rings is 1. The Morgan fingerprint density at radius 2 is 1.70 bits per heavy atom. The van der Waals surface area contributed by atoms with Gasteiger partial charge in [0, 0.05) is 4.47 Å². The minimum atomic E-state index is -1.81. The van der Waals surface area contributed by atoms with Crippen molar-refractivity contribution in [2.45, 2.75) is 71.9 Å². The van der Waals surface area contributed by atoms with Crippen molar-refractivity contribution in [2.75, 3.05) is 0 Å². The molecule has 5 heteroatoms. The summed E-state index contributed by atoms with van der Waals surface area (Å²) in [6.07, 6.45) is 0. The number of esters is 1. The Balaban J connectivity index is 2.92. The van der Waals surface area contributed by atoms with E-state index in [0.717, 1.165) is 10.0 Å². The van der Waals surface area contributed by atoms with E-state index in [1.54, 1.807) is 0 Å². The Kier molecular flexibility index (Phi) is 6.27. The van der Waals surface area contributed by atoms with Gasteiger partial charge >= 0.3 is 5.97 Å². The lowest BCUT2D eigenvalue weighted by Crippen LogP contribution is -2.40. The molecule has 0 aliphatic rings. The van der Waals surface area contributed by atoms with Crippen LogP contribution in [0.2, 0.25) is 18.1 Å². The highest BCUT2D eigenvalue weighted by Gasteiger charge is 2.37. The smallest absolute Gasteiger partial charge is 0.339 e. The highest BCUT2D eigenvalue weighted by molar-refractivity contribution is 9.10. The summed E-state index contributed by atoms with van der Waals surface area (Å²) in [6, 6.07) is 5.71. The third-order valence-corrected chi connectivity index (χ3v) is 9.23. The molecule has 0 spiro atoms. The molecule has 0 aliphatic heterocycles. The van der Waals surface area contributed by atoms with E-state index in [2.05, 4.69) is 49.8 Å². The van der Waals surface area contributed by atoms with Crippen molar-refractivity contribution in [3.05, 3.63) is 33.8 Å². The van der Waals surface area contributed by atoms with Crippen LogP contribution in [-0.2, 0) is 15.8 Å². The zero-order valence-electron chi connectivity index (χ0n) is 15.5.